The number of ketones is 1. The third kappa shape index (κ3) is 4.36. The van der Waals surface area contributed by atoms with E-state index in [2.05, 4.69) is 5.16 Å². The van der Waals surface area contributed by atoms with E-state index in [0.29, 0.717) is 23.7 Å². The largest absolute Gasteiger partial charge is 0.507 e. The van der Waals surface area contributed by atoms with Crippen molar-refractivity contribution in [2.75, 3.05) is 4.90 Å². The van der Waals surface area contributed by atoms with E-state index in [1.807, 2.05) is 30.3 Å². The fraction of sp³-hybridized carbons (Fsp3) is 0.107. The Labute approximate surface area is 206 Å². The highest BCUT2D eigenvalue weighted by atomic mass is 19.1. The van der Waals surface area contributed by atoms with Crippen LogP contribution in [0.15, 0.2) is 95.0 Å². The Kier molecular flexibility index (Phi) is 6.08. The van der Waals surface area contributed by atoms with Gasteiger partial charge in [0, 0.05) is 11.6 Å². The lowest BCUT2D eigenvalue weighted by Crippen LogP contribution is -2.29. The summed E-state index contributed by atoms with van der Waals surface area (Å²) in [6.07, 6.45) is 0. The Morgan fingerprint density at radius 1 is 1.03 bits per heavy atom. The van der Waals surface area contributed by atoms with Crippen molar-refractivity contribution in [3.8, 4) is 5.75 Å². The summed E-state index contributed by atoms with van der Waals surface area (Å²) in [5.74, 6) is -1.46. The Hall–Kier alpha value is -4.72. The van der Waals surface area contributed by atoms with Crippen LogP contribution in [0.1, 0.15) is 28.5 Å². The van der Waals surface area contributed by atoms with Crippen LogP contribution in [-0.2, 0) is 16.2 Å². The van der Waals surface area contributed by atoms with Gasteiger partial charge in [0.1, 0.15) is 29.7 Å². The predicted molar refractivity (Wildman–Crippen MR) is 130 cm³/mol. The van der Waals surface area contributed by atoms with Gasteiger partial charge in [-0.3, -0.25) is 14.5 Å². The number of aliphatic hydroxyl groups is 1. The van der Waals surface area contributed by atoms with E-state index in [4.69, 9.17) is 9.26 Å². The summed E-state index contributed by atoms with van der Waals surface area (Å²) in [6.45, 7) is 2.04. The monoisotopic (exact) mass is 484 g/mol. The highest BCUT2D eigenvalue weighted by Crippen LogP contribution is 2.42. The number of carbonyl (C=O) groups is 2. The molecule has 180 valence electrons. The van der Waals surface area contributed by atoms with E-state index in [-0.39, 0.29) is 17.0 Å². The number of aryl methyl sites for hydroxylation is 1. The van der Waals surface area contributed by atoms with Crippen LogP contribution in [0.4, 0.5) is 10.2 Å². The van der Waals surface area contributed by atoms with Gasteiger partial charge >= 0.3 is 5.91 Å². The SMILES string of the molecule is Cc1cc(N2C(=O)C(=O)C(=C(O)c3ccc(F)cc3)[C@@H]2c2ccc(OCc3ccccc3)cc2)no1. The minimum Gasteiger partial charge on any atom is -0.507 e. The zero-order chi connectivity index (χ0) is 25.2. The number of nitrogens with zero attached hydrogens (tertiary/aromatic N) is 2. The van der Waals surface area contributed by atoms with Crippen LogP contribution in [0.2, 0.25) is 0 Å². The molecule has 1 aliphatic heterocycles. The Balaban J connectivity index is 1.54. The number of hydrogen-bond donors (Lipinski definition) is 1. The molecule has 2 heterocycles. The molecular weight excluding hydrogens is 463 g/mol. The van der Waals surface area contributed by atoms with Crippen LogP contribution < -0.4 is 9.64 Å². The molecule has 7 nitrogen and oxygen atoms in total. The molecule has 1 N–H and O–H groups in total. The van der Waals surface area contributed by atoms with Gasteiger partial charge in [0.2, 0.25) is 0 Å². The summed E-state index contributed by atoms with van der Waals surface area (Å²) in [6, 6.07) is 22.2. The average Bonchev–Trinajstić information content (AvgIpc) is 3.44. The minimum absolute atomic E-state index is 0.134. The number of aliphatic hydroxyl groups excluding tert-OH is 1. The van der Waals surface area contributed by atoms with Crippen molar-refractivity contribution in [2.24, 2.45) is 0 Å². The lowest BCUT2D eigenvalue weighted by Gasteiger charge is -2.23. The van der Waals surface area contributed by atoms with Crippen LogP contribution in [0.25, 0.3) is 5.76 Å². The molecule has 0 aliphatic carbocycles. The van der Waals surface area contributed by atoms with Crippen molar-refractivity contribution in [2.45, 2.75) is 19.6 Å². The number of anilines is 1. The molecule has 1 aromatic heterocycles. The Morgan fingerprint density at radius 3 is 2.36 bits per heavy atom. The van der Waals surface area contributed by atoms with Crippen LogP contribution >= 0.6 is 0 Å². The van der Waals surface area contributed by atoms with Crippen LogP contribution in [0, 0.1) is 12.7 Å². The number of Topliss-reactive ketones (excluding diaryl/α,β-unsaturated/α-hetero) is 1. The number of amides is 1. The molecule has 0 radical (unpaired) electrons. The second kappa shape index (κ2) is 9.50. The van der Waals surface area contributed by atoms with Gasteiger partial charge < -0.3 is 14.4 Å². The molecule has 8 heteroatoms. The fourth-order valence-corrected chi connectivity index (χ4v) is 4.10. The maximum absolute atomic E-state index is 13.4. The summed E-state index contributed by atoms with van der Waals surface area (Å²) in [5.41, 5.74) is 1.63. The number of halogens is 1. The molecule has 4 aromatic rings. The van der Waals surface area contributed by atoms with Crippen molar-refractivity contribution < 1.29 is 28.3 Å². The first-order chi connectivity index (χ1) is 17.4. The van der Waals surface area contributed by atoms with Gasteiger partial charge in [-0.1, -0.05) is 47.6 Å². The van der Waals surface area contributed by atoms with Crippen molar-refractivity contribution in [3.05, 3.63) is 119 Å². The van der Waals surface area contributed by atoms with Gasteiger partial charge in [0.15, 0.2) is 5.82 Å². The number of hydrogen-bond acceptors (Lipinski definition) is 6. The van der Waals surface area contributed by atoms with E-state index in [1.165, 1.54) is 35.2 Å². The molecule has 1 atom stereocenters. The lowest BCUT2D eigenvalue weighted by atomic mass is 9.95. The van der Waals surface area contributed by atoms with Gasteiger partial charge in [-0.15, -0.1) is 0 Å². The molecule has 1 amide bonds. The molecule has 5 rings (SSSR count). The van der Waals surface area contributed by atoms with Crippen LogP contribution in [0.5, 0.6) is 5.75 Å². The number of ether oxygens (including phenoxy) is 1. The second-order valence-corrected chi connectivity index (χ2v) is 8.32. The van der Waals surface area contributed by atoms with Crippen LogP contribution in [-0.4, -0.2) is 22.0 Å². The molecule has 36 heavy (non-hydrogen) atoms. The molecule has 1 saturated heterocycles. The molecule has 0 unspecified atom stereocenters. The molecule has 1 fully saturated rings. The summed E-state index contributed by atoms with van der Waals surface area (Å²) < 4.78 is 24.4. The van der Waals surface area contributed by atoms with Crippen LogP contribution in [0.3, 0.4) is 0 Å². The highest BCUT2D eigenvalue weighted by molar-refractivity contribution is 6.51. The first kappa shape index (κ1) is 23.0. The van der Waals surface area contributed by atoms with E-state index in [1.54, 1.807) is 31.2 Å². The van der Waals surface area contributed by atoms with Crippen molar-refractivity contribution >= 4 is 23.3 Å². The Morgan fingerprint density at radius 2 is 1.72 bits per heavy atom. The molecule has 0 spiro atoms. The highest BCUT2D eigenvalue weighted by Gasteiger charge is 2.48. The number of aromatic nitrogens is 1. The maximum atomic E-state index is 13.4. The summed E-state index contributed by atoms with van der Waals surface area (Å²) in [4.78, 5) is 27.4. The van der Waals surface area contributed by atoms with E-state index in [0.717, 1.165) is 5.56 Å². The zero-order valence-electron chi connectivity index (χ0n) is 19.2. The van der Waals surface area contributed by atoms with Gasteiger partial charge in [-0.05, 0) is 54.4 Å². The smallest absolute Gasteiger partial charge is 0.301 e. The molecule has 3 aromatic carbocycles. The lowest BCUT2D eigenvalue weighted by molar-refractivity contribution is -0.132. The first-order valence-electron chi connectivity index (χ1n) is 11.2. The van der Waals surface area contributed by atoms with Crippen molar-refractivity contribution in [1.29, 1.82) is 0 Å². The topological polar surface area (TPSA) is 92.9 Å². The van der Waals surface area contributed by atoms with E-state index in [9.17, 15) is 19.1 Å². The number of carbonyl (C=O) groups excluding carboxylic acids is 2. The van der Waals surface area contributed by atoms with Gasteiger partial charge in [0.25, 0.3) is 5.78 Å². The summed E-state index contributed by atoms with van der Waals surface area (Å²) >= 11 is 0. The second-order valence-electron chi connectivity index (χ2n) is 8.32. The zero-order valence-corrected chi connectivity index (χ0v) is 19.2. The number of benzene rings is 3. The van der Waals surface area contributed by atoms with Gasteiger partial charge in [-0.2, -0.15) is 0 Å². The molecule has 0 bridgehead atoms. The van der Waals surface area contributed by atoms with Crippen molar-refractivity contribution in [1.82, 2.24) is 5.16 Å². The average molecular weight is 484 g/mol. The van der Waals surface area contributed by atoms with Gasteiger partial charge in [-0.25, -0.2) is 4.39 Å². The third-order valence-electron chi connectivity index (χ3n) is 5.87. The quantitative estimate of drug-likeness (QED) is 0.226. The van der Waals surface area contributed by atoms with E-state index < -0.39 is 29.3 Å². The third-order valence-corrected chi connectivity index (χ3v) is 5.87. The standard InChI is InChI=1S/C28H21FN2O5/c1-17-15-23(30-36-17)31-25(19-9-13-22(14-10-19)35-16-18-5-3-2-4-6-18)24(27(33)28(31)34)26(32)20-7-11-21(29)12-8-20/h2-15,25,32H,16H2,1H3/t25-/m0/s1. The molecule has 1 aliphatic rings. The fourth-order valence-electron chi connectivity index (χ4n) is 4.10. The maximum Gasteiger partial charge on any atom is 0.301 e. The number of rotatable bonds is 6. The van der Waals surface area contributed by atoms with Gasteiger partial charge in [0.05, 0.1) is 11.6 Å². The van der Waals surface area contributed by atoms with E-state index >= 15 is 0 Å². The normalized spacial score (nSPS) is 16.9. The minimum atomic E-state index is -0.984. The summed E-state index contributed by atoms with van der Waals surface area (Å²) in [5, 5.41) is 15.0. The summed E-state index contributed by atoms with van der Waals surface area (Å²) in [7, 11) is 0. The van der Waals surface area contributed by atoms with Crippen molar-refractivity contribution in [3.63, 3.8) is 0 Å². The predicted octanol–water partition coefficient (Wildman–Crippen LogP) is 5.33. The first-order valence-corrected chi connectivity index (χ1v) is 11.2. The Bertz CT molecular complexity index is 1440. The molecule has 0 saturated carbocycles. The molecular formula is C28H21FN2O5.